The maximum absolute atomic E-state index is 12.2. The number of benzene rings is 1. The van der Waals surface area contributed by atoms with Crippen molar-refractivity contribution in [3.05, 3.63) is 29.3 Å². The van der Waals surface area contributed by atoms with Crippen molar-refractivity contribution in [1.82, 2.24) is 4.31 Å². The molecule has 0 aromatic heterocycles. The molecule has 5 heteroatoms. The van der Waals surface area contributed by atoms with Crippen LogP contribution in [0.25, 0.3) is 0 Å². The number of hydrogen-bond acceptors (Lipinski definition) is 2. The molecule has 0 N–H and O–H groups in total. The van der Waals surface area contributed by atoms with Gasteiger partial charge in [0.25, 0.3) is 0 Å². The summed E-state index contributed by atoms with van der Waals surface area (Å²) in [5.74, 6) is 1.38. The summed E-state index contributed by atoms with van der Waals surface area (Å²) < 4.78 is 26.0. The molecule has 2 aliphatic rings. The van der Waals surface area contributed by atoms with Gasteiger partial charge in [0.2, 0.25) is 10.0 Å². The van der Waals surface area contributed by atoms with Gasteiger partial charge in [-0.15, -0.1) is 0 Å². The van der Waals surface area contributed by atoms with Crippen molar-refractivity contribution < 1.29 is 8.42 Å². The lowest BCUT2D eigenvalue weighted by Gasteiger charge is -2.38. The highest BCUT2D eigenvalue weighted by Crippen LogP contribution is 2.42. The minimum Gasteiger partial charge on any atom is -0.207 e. The largest absolute Gasteiger partial charge is 0.243 e. The molecular formula is C12H14ClNO2S. The minimum atomic E-state index is -3.28. The lowest BCUT2D eigenvalue weighted by Crippen LogP contribution is -2.50. The van der Waals surface area contributed by atoms with Crippen LogP contribution in [-0.2, 0) is 10.0 Å². The predicted octanol–water partition coefficient (Wildman–Crippen LogP) is 2.37. The maximum Gasteiger partial charge on any atom is 0.243 e. The van der Waals surface area contributed by atoms with E-state index in [2.05, 4.69) is 0 Å². The van der Waals surface area contributed by atoms with E-state index in [0.29, 0.717) is 28.9 Å². The Morgan fingerprint density at radius 2 is 1.65 bits per heavy atom. The van der Waals surface area contributed by atoms with Gasteiger partial charge >= 0.3 is 0 Å². The Morgan fingerprint density at radius 3 is 2.18 bits per heavy atom. The summed E-state index contributed by atoms with van der Waals surface area (Å²) in [5, 5.41) is 0.559. The van der Waals surface area contributed by atoms with Crippen molar-refractivity contribution in [2.75, 3.05) is 13.1 Å². The third kappa shape index (κ3) is 2.09. The molecule has 92 valence electrons. The Morgan fingerprint density at radius 1 is 1.06 bits per heavy atom. The van der Waals surface area contributed by atoms with Gasteiger partial charge in [0.1, 0.15) is 0 Å². The molecule has 1 saturated heterocycles. The molecule has 1 aromatic rings. The molecule has 0 amide bonds. The average Bonchev–Trinajstić information content (AvgIpc) is 3.00. The van der Waals surface area contributed by atoms with Crippen molar-refractivity contribution in [2.45, 2.75) is 17.7 Å². The second kappa shape index (κ2) is 3.97. The highest BCUT2D eigenvalue weighted by Gasteiger charge is 2.43. The first kappa shape index (κ1) is 11.5. The van der Waals surface area contributed by atoms with Gasteiger partial charge < -0.3 is 0 Å². The summed E-state index contributed by atoms with van der Waals surface area (Å²) >= 11 is 5.75. The molecule has 0 atom stereocenters. The van der Waals surface area contributed by atoms with E-state index in [9.17, 15) is 8.42 Å². The van der Waals surface area contributed by atoms with E-state index in [0.717, 1.165) is 5.92 Å². The van der Waals surface area contributed by atoms with Gasteiger partial charge in [-0.25, -0.2) is 8.42 Å². The van der Waals surface area contributed by atoms with Crippen molar-refractivity contribution in [1.29, 1.82) is 0 Å². The van der Waals surface area contributed by atoms with Crippen molar-refractivity contribution in [2.24, 2.45) is 11.8 Å². The van der Waals surface area contributed by atoms with Gasteiger partial charge in [-0.2, -0.15) is 4.31 Å². The summed E-state index contributed by atoms with van der Waals surface area (Å²) in [6.45, 7) is 1.38. The SMILES string of the molecule is O=S(=O)(c1ccc(Cl)cc1)N1CC(C2CC2)C1. The molecule has 1 aliphatic heterocycles. The van der Waals surface area contributed by atoms with E-state index >= 15 is 0 Å². The first-order valence-electron chi connectivity index (χ1n) is 5.83. The third-order valence-corrected chi connectivity index (χ3v) is 5.71. The zero-order valence-corrected chi connectivity index (χ0v) is 10.9. The van der Waals surface area contributed by atoms with E-state index in [-0.39, 0.29) is 0 Å². The monoisotopic (exact) mass is 271 g/mol. The van der Waals surface area contributed by atoms with Crippen LogP contribution in [0.5, 0.6) is 0 Å². The molecule has 0 unspecified atom stereocenters. The summed E-state index contributed by atoms with van der Waals surface area (Å²) in [7, 11) is -3.28. The van der Waals surface area contributed by atoms with Gasteiger partial charge in [-0.1, -0.05) is 11.6 Å². The molecule has 1 aromatic carbocycles. The standard InChI is InChI=1S/C12H14ClNO2S/c13-11-3-5-12(6-4-11)17(15,16)14-7-10(8-14)9-1-2-9/h3-6,9-10H,1-2,7-8H2. The number of halogens is 1. The van der Waals surface area contributed by atoms with Gasteiger partial charge in [0.15, 0.2) is 0 Å². The molecule has 0 bridgehead atoms. The second-order valence-electron chi connectivity index (χ2n) is 4.87. The maximum atomic E-state index is 12.2. The van der Waals surface area contributed by atoms with E-state index < -0.39 is 10.0 Å². The predicted molar refractivity (Wildman–Crippen MR) is 66.4 cm³/mol. The topological polar surface area (TPSA) is 37.4 Å². The number of rotatable bonds is 3. The normalized spacial score (nSPS) is 22.4. The summed E-state index contributed by atoms with van der Waals surface area (Å²) in [4.78, 5) is 0.344. The summed E-state index contributed by atoms with van der Waals surface area (Å²) in [6, 6.07) is 6.38. The van der Waals surface area contributed by atoms with E-state index in [4.69, 9.17) is 11.6 Å². The lowest BCUT2D eigenvalue weighted by atomic mass is 9.98. The van der Waals surface area contributed by atoms with E-state index in [1.807, 2.05) is 0 Å². The number of nitrogens with zero attached hydrogens (tertiary/aromatic N) is 1. The molecule has 17 heavy (non-hydrogen) atoms. The van der Waals surface area contributed by atoms with Gasteiger partial charge in [0.05, 0.1) is 4.90 Å². The van der Waals surface area contributed by atoms with Crippen LogP contribution < -0.4 is 0 Å². The van der Waals surface area contributed by atoms with Crippen molar-refractivity contribution >= 4 is 21.6 Å². The number of sulfonamides is 1. The van der Waals surface area contributed by atoms with Crippen molar-refractivity contribution in [3.8, 4) is 0 Å². The van der Waals surface area contributed by atoms with Crippen molar-refractivity contribution in [3.63, 3.8) is 0 Å². The molecular weight excluding hydrogens is 258 g/mol. The third-order valence-electron chi connectivity index (χ3n) is 3.62. The zero-order valence-electron chi connectivity index (χ0n) is 9.34. The van der Waals surface area contributed by atoms with Gasteiger partial charge in [-0.05, 0) is 48.9 Å². The van der Waals surface area contributed by atoms with E-state index in [1.165, 1.54) is 12.8 Å². The zero-order chi connectivity index (χ0) is 12.0. The highest BCUT2D eigenvalue weighted by atomic mass is 35.5. The second-order valence-corrected chi connectivity index (χ2v) is 7.25. The first-order valence-corrected chi connectivity index (χ1v) is 7.65. The fourth-order valence-electron chi connectivity index (χ4n) is 2.29. The summed E-state index contributed by atoms with van der Waals surface area (Å²) in [5.41, 5.74) is 0. The fourth-order valence-corrected chi connectivity index (χ4v) is 3.97. The molecule has 0 spiro atoms. The van der Waals surface area contributed by atoms with Crippen LogP contribution in [-0.4, -0.2) is 25.8 Å². The highest BCUT2D eigenvalue weighted by molar-refractivity contribution is 7.89. The minimum absolute atomic E-state index is 0.344. The Balaban J connectivity index is 1.75. The lowest BCUT2D eigenvalue weighted by molar-refractivity contribution is 0.178. The molecule has 0 radical (unpaired) electrons. The van der Waals surface area contributed by atoms with Gasteiger partial charge in [-0.3, -0.25) is 0 Å². The van der Waals surface area contributed by atoms with Crippen LogP contribution in [0.2, 0.25) is 5.02 Å². The Labute approximate surface area is 106 Å². The van der Waals surface area contributed by atoms with E-state index in [1.54, 1.807) is 28.6 Å². The van der Waals surface area contributed by atoms with Crippen LogP contribution >= 0.6 is 11.6 Å². The van der Waals surface area contributed by atoms with Crippen LogP contribution in [0.1, 0.15) is 12.8 Å². The summed E-state index contributed by atoms with van der Waals surface area (Å²) in [6.07, 6.45) is 2.55. The average molecular weight is 272 g/mol. The Bertz CT molecular complexity index is 516. The quantitative estimate of drug-likeness (QED) is 0.846. The van der Waals surface area contributed by atoms with Crippen LogP contribution in [0.3, 0.4) is 0 Å². The van der Waals surface area contributed by atoms with Crippen LogP contribution in [0, 0.1) is 11.8 Å². The molecule has 1 heterocycles. The van der Waals surface area contributed by atoms with Crippen LogP contribution in [0.4, 0.5) is 0 Å². The first-order chi connectivity index (χ1) is 8.07. The smallest absolute Gasteiger partial charge is 0.207 e. The molecule has 1 aliphatic carbocycles. The molecule has 2 fully saturated rings. The Hall–Kier alpha value is -0.580. The molecule has 3 rings (SSSR count). The Kier molecular flexibility index (Phi) is 2.69. The fraction of sp³-hybridized carbons (Fsp3) is 0.500. The van der Waals surface area contributed by atoms with Crippen LogP contribution in [0.15, 0.2) is 29.2 Å². The number of hydrogen-bond donors (Lipinski definition) is 0. The molecule has 1 saturated carbocycles. The van der Waals surface area contributed by atoms with Gasteiger partial charge in [0, 0.05) is 18.1 Å². The molecule has 3 nitrogen and oxygen atoms in total.